The fraction of sp³-hybridized carbons (Fsp3) is 0.333. The van der Waals surface area contributed by atoms with E-state index in [1.165, 1.54) is 21.2 Å². The lowest BCUT2D eigenvalue weighted by Gasteiger charge is -2.17. The van der Waals surface area contributed by atoms with Gasteiger partial charge < -0.3 is 5.32 Å². The summed E-state index contributed by atoms with van der Waals surface area (Å²) in [6.45, 7) is 2.15. The number of rotatable bonds is 6. The van der Waals surface area contributed by atoms with Crippen molar-refractivity contribution in [2.45, 2.75) is 32.2 Å². The van der Waals surface area contributed by atoms with Crippen LogP contribution in [0.3, 0.4) is 0 Å². The van der Waals surface area contributed by atoms with E-state index in [0.717, 1.165) is 19.3 Å². The topological polar surface area (TPSA) is 12.0 Å². The zero-order valence-electron chi connectivity index (χ0n) is 12.2. The first-order valence-electron chi connectivity index (χ1n) is 7.15. The Bertz CT molecular complexity index is 551. The number of nitrogens with one attached hydrogen (secondary N) is 1. The molecule has 0 radical (unpaired) electrons. The standard InChI is InChI=1S/C18H22BrN/c1-14-6-5-7-15(12-14)10-11-17(20-2)13-16-8-3-4-9-18(16)19/h3-9,12,17,20H,10-11,13H2,1-2H3. The van der Waals surface area contributed by atoms with Gasteiger partial charge in [-0.05, 0) is 50.4 Å². The van der Waals surface area contributed by atoms with Crippen molar-refractivity contribution >= 4 is 15.9 Å². The van der Waals surface area contributed by atoms with Gasteiger partial charge in [-0.25, -0.2) is 0 Å². The number of hydrogen-bond donors (Lipinski definition) is 1. The van der Waals surface area contributed by atoms with Gasteiger partial charge in [0.1, 0.15) is 0 Å². The third-order valence-corrected chi connectivity index (χ3v) is 4.47. The van der Waals surface area contributed by atoms with Crippen LogP contribution in [0.25, 0.3) is 0 Å². The van der Waals surface area contributed by atoms with Gasteiger partial charge in [0, 0.05) is 10.5 Å². The highest BCUT2D eigenvalue weighted by Gasteiger charge is 2.09. The van der Waals surface area contributed by atoms with E-state index in [9.17, 15) is 0 Å². The van der Waals surface area contributed by atoms with Crippen LogP contribution >= 0.6 is 15.9 Å². The van der Waals surface area contributed by atoms with Crippen molar-refractivity contribution in [2.24, 2.45) is 0 Å². The molecule has 0 aromatic heterocycles. The normalized spacial score (nSPS) is 12.3. The molecule has 0 saturated carbocycles. The highest BCUT2D eigenvalue weighted by atomic mass is 79.9. The second-order valence-corrected chi connectivity index (χ2v) is 6.16. The number of hydrogen-bond acceptors (Lipinski definition) is 1. The molecule has 0 heterocycles. The molecule has 1 unspecified atom stereocenters. The average molecular weight is 332 g/mol. The molecule has 20 heavy (non-hydrogen) atoms. The Hall–Kier alpha value is -1.12. The van der Waals surface area contributed by atoms with Crippen molar-refractivity contribution in [3.8, 4) is 0 Å². The summed E-state index contributed by atoms with van der Waals surface area (Å²) in [6, 6.07) is 17.8. The maximum Gasteiger partial charge on any atom is 0.0207 e. The van der Waals surface area contributed by atoms with E-state index in [-0.39, 0.29) is 0 Å². The predicted molar refractivity (Wildman–Crippen MR) is 90.2 cm³/mol. The summed E-state index contributed by atoms with van der Waals surface area (Å²) in [7, 11) is 2.05. The van der Waals surface area contributed by atoms with E-state index >= 15 is 0 Å². The van der Waals surface area contributed by atoms with Crippen LogP contribution in [-0.2, 0) is 12.8 Å². The molecule has 1 N–H and O–H groups in total. The number of halogens is 1. The van der Waals surface area contributed by atoms with E-state index < -0.39 is 0 Å². The molecular weight excluding hydrogens is 310 g/mol. The first-order valence-corrected chi connectivity index (χ1v) is 7.94. The van der Waals surface area contributed by atoms with Gasteiger partial charge in [0.15, 0.2) is 0 Å². The van der Waals surface area contributed by atoms with Crippen LogP contribution in [0.4, 0.5) is 0 Å². The molecule has 0 saturated heterocycles. The third kappa shape index (κ3) is 4.46. The molecule has 1 nitrogen and oxygen atoms in total. The van der Waals surface area contributed by atoms with E-state index in [1.54, 1.807) is 0 Å². The summed E-state index contributed by atoms with van der Waals surface area (Å²) in [4.78, 5) is 0. The minimum absolute atomic E-state index is 0.509. The largest absolute Gasteiger partial charge is 0.317 e. The van der Waals surface area contributed by atoms with Crippen LogP contribution in [0.15, 0.2) is 53.0 Å². The summed E-state index contributed by atoms with van der Waals surface area (Å²) in [6.07, 6.45) is 3.34. The van der Waals surface area contributed by atoms with E-state index in [1.807, 2.05) is 0 Å². The SMILES string of the molecule is CNC(CCc1cccc(C)c1)Cc1ccccc1Br. The van der Waals surface area contributed by atoms with Gasteiger partial charge in [0.05, 0.1) is 0 Å². The van der Waals surface area contributed by atoms with Gasteiger partial charge >= 0.3 is 0 Å². The monoisotopic (exact) mass is 331 g/mol. The number of benzene rings is 2. The molecular formula is C18H22BrN. The summed E-state index contributed by atoms with van der Waals surface area (Å²) >= 11 is 3.63. The third-order valence-electron chi connectivity index (χ3n) is 3.70. The fourth-order valence-corrected chi connectivity index (χ4v) is 2.93. The summed E-state index contributed by atoms with van der Waals surface area (Å²) < 4.78 is 1.20. The number of aryl methyl sites for hydroxylation is 2. The molecule has 2 aromatic carbocycles. The molecule has 2 rings (SSSR count). The Balaban J connectivity index is 1.94. The van der Waals surface area contributed by atoms with Crippen molar-refractivity contribution in [2.75, 3.05) is 7.05 Å². The Morgan fingerprint density at radius 3 is 2.60 bits per heavy atom. The van der Waals surface area contributed by atoms with Crippen molar-refractivity contribution in [3.05, 3.63) is 69.7 Å². The first-order chi connectivity index (χ1) is 9.69. The molecule has 0 fully saturated rings. The molecule has 0 aliphatic carbocycles. The maximum absolute atomic E-state index is 3.63. The fourth-order valence-electron chi connectivity index (χ4n) is 2.49. The molecule has 0 aliphatic rings. The summed E-state index contributed by atoms with van der Waals surface area (Å²) in [5.74, 6) is 0. The van der Waals surface area contributed by atoms with Crippen LogP contribution in [-0.4, -0.2) is 13.1 Å². The van der Waals surface area contributed by atoms with Crippen LogP contribution < -0.4 is 5.32 Å². The highest BCUT2D eigenvalue weighted by Crippen LogP contribution is 2.19. The second kappa shape index (κ2) is 7.61. The maximum atomic E-state index is 3.63. The van der Waals surface area contributed by atoms with Crippen molar-refractivity contribution in [1.82, 2.24) is 5.32 Å². The second-order valence-electron chi connectivity index (χ2n) is 5.31. The van der Waals surface area contributed by atoms with Crippen molar-refractivity contribution in [1.29, 1.82) is 0 Å². The van der Waals surface area contributed by atoms with Crippen molar-refractivity contribution in [3.63, 3.8) is 0 Å². The zero-order chi connectivity index (χ0) is 14.4. The average Bonchev–Trinajstić information content (AvgIpc) is 2.45. The van der Waals surface area contributed by atoms with Crippen LogP contribution in [0.1, 0.15) is 23.1 Å². The minimum Gasteiger partial charge on any atom is -0.317 e. The molecule has 0 spiro atoms. The lowest BCUT2D eigenvalue weighted by Crippen LogP contribution is -2.28. The van der Waals surface area contributed by atoms with Crippen LogP contribution in [0.5, 0.6) is 0 Å². The Labute approximate surface area is 130 Å². The zero-order valence-corrected chi connectivity index (χ0v) is 13.8. The van der Waals surface area contributed by atoms with Gasteiger partial charge in [-0.1, -0.05) is 64.0 Å². The van der Waals surface area contributed by atoms with Crippen molar-refractivity contribution < 1.29 is 0 Å². The van der Waals surface area contributed by atoms with E-state index in [0.29, 0.717) is 6.04 Å². The summed E-state index contributed by atoms with van der Waals surface area (Å²) in [5, 5.41) is 3.44. The lowest BCUT2D eigenvalue weighted by atomic mass is 9.98. The van der Waals surface area contributed by atoms with Gasteiger partial charge in [0.2, 0.25) is 0 Å². The molecule has 2 aromatic rings. The van der Waals surface area contributed by atoms with Crippen LogP contribution in [0.2, 0.25) is 0 Å². The quantitative estimate of drug-likeness (QED) is 0.820. The first kappa shape index (κ1) is 15.3. The highest BCUT2D eigenvalue weighted by molar-refractivity contribution is 9.10. The number of likely N-dealkylation sites (N-methyl/N-ethyl adjacent to an activating group) is 1. The van der Waals surface area contributed by atoms with Gasteiger partial charge in [-0.2, -0.15) is 0 Å². The lowest BCUT2D eigenvalue weighted by molar-refractivity contribution is 0.519. The van der Waals surface area contributed by atoms with Crippen LogP contribution in [0, 0.1) is 6.92 Å². The molecule has 2 heteroatoms. The van der Waals surface area contributed by atoms with Gasteiger partial charge in [-0.15, -0.1) is 0 Å². The Morgan fingerprint density at radius 2 is 1.90 bits per heavy atom. The van der Waals surface area contributed by atoms with Gasteiger partial charge in [0.25, 0.3) is 0 Å². The molecule has 0 bridgehead atoms. The van der Waals surface area contributed by atoms with E-state index in [2.05, 4.69) is 83.7 Å². The van der Waals surface area contributed by atoms with E-state index in [4.69, 9.17) is 0 Å². The molecule has 1 atom stereocenters. The smallest absolute Gasteiger partial charge is 0.0207 e. The van der Waals surface area contributed by atoms with Gasteiger partial charge in [-0.3, -0.25) is 0 Å². The Kier molecular flexibility index (Phi) is 5.81. The minimum atomic E-state index is 0.509. The molecule has 0 aliphatic heterocycles. The predicted octanol–water partition coefficient (Wildman–Crippen LogP) is 4.52. The summed E-state index contributed by atoms with van der Waals surface area (Å²) in [5.41, 5.74) is 4.14. The molecule has 0 amide bonds. The molecule has 106 valence electrons. The Morgan fingerprint density at radius 1 is 1.10 bits per heavy atom.